The van der Waals surface area contributed by atoms with Gasteiger partial charge in [-0.05, 0) is 50.4 Å². The summed E-state index contributed by atoms with van der Waals surface area (Å²) in [6.07, 6.45) is 2.40. The van der Waals surface area contributed by atoms with Crippen LogP contribution in [0.1, 0.15) is 41.2 Å². The molecule has 1 N–H and O–H groups in total. The number of rotatable bonds is 6. The lowest BCUT2D eigenvalue weighted by Crippen LogP contribution is -2.37. The Balaban J connectivity index is 1.61. The summed E-state index contributed by atoms with van der Waals surface area (Å²) in [5.74, 6) is -0.237. The highest BCUT2D eigenvalue weighted by molar-refractivity contribution is 7.10. The first kappa shape index (κ1) is 18.8. The van der Waals surface area contributed by atoms with Crippen LogP contribution in [0.5, 0.6) is 0 Å². The smallest absolute Gasteiger partial charge is 0.274 e. The van der Waals surface area contributed by atoms with E-state index in [1.807, 2.05) is 19.1 Å². The molecule has 1 aliphatic rings. The fraction of sp³-hybridized carbons (Fsp3) is 0.381. The van der Waals surface area contributed by atoms with Crippen LogP contribution in [0.15, 0.2) is 46.6 Å². The van der Waals surface area contributed by atoms with Crippen molar-refractivity contribution in [2.75, 3.05) is 19.6 Å². The third-order valence-corrected chi connectivity index (χ3v) is 6.26. The topological polar surface area (TPSA) is 67.2 Å². The zero-order valence-electron chi connectivity index (χ0n) is 15.9. The first-order valence-electron chi connectivity index (χ1n) is 9.74. The highest BCUT2D eigenvalue weighted by atomic mass is 32.1. The molecule has 7 heteroatoms. The average Bonchev–Trinajstić information content (AvgIpc) is 3.43. The number of fused-ring (bicyclic) bond motifs is 1. The molecule has 2 aromatic heterocycles. The summed E-state index contributed by atoms with van der Waals surface area (Å²) in [5.41, 5.74) is 0.145. The molecule has 6 nitrogen and oxygen atoms in total. The lowest BCUT2D eigenvalue weighted by Gasteiger charge is -2.27. The van der Waals surface area contributed by atoms with Gasteiger partial charge in [0, 0.05) is 23.4 Å². The summed E-state index contributed by atoms with van der Waals surface area (Å²) < 4.78 is 1.36. The molecule has 0 aliphatic carbocycles. The Bertz CT molecular complexity index is 1020. The van der Waals surface area contributed by atoms with E-state index in [-0.39, 0.29) is 17.5 Å². The van der Waals surface area contributed by atoms with Crippen LogP contribution in [0.4, 0.5) is 0 Å². The Morgan fingerprint density at radius 1 is 1.18 bits per heavy atom. The molecule has 3 aromatic rings. The minimum absolute atomic E-state index is 0.164. The monoisotopic (exact) mass is 396 g/mol. The van der Waals surface area contributed by atoms with E-state index in [9.17, 15) is 9.59 Å². The second kappa shape index (κ2) is 8.24. The van der Waals surface area contributed by atoms with Gasteiger partial charge in [-0.15, -0.1) is 11.3 Å². The maximum atomic E-state index is 13.0. The van der Waals surface area contributed by atoms with Crippen molar-refractivity contribution in [2.45, 2.75) is 32.4 Å². The third kappa shape index (κ3) is 3.59. The third-order valence-electron chi connectivity index (χ3n) is 5.29. The van der Waals surface area contributed by atoms with Crippen molar-refractivity contribution in [3.05, 3.63) is 62.7 Å². The van der Waals surface area contributed by atoms with Crippen LogP contribution >= 0.6 is 11.3 Å². The minimum atomic E-state index is -0.237. The number of benzene rings is 1. The van der Waals surface area contributed by atoms with Gasteiger partial charge in [-0.2, -0.15) is 5.10 Å². The molecule has 0 saturated carbocycles. The quantitative estimate of drug-likeness (QED) is 0.695. The fourth-order valence-corrected chi connectivity index (χ4v) is 4.69. The van der Waals surface area contributed by atoms with Crippen molar-refractivity contribution in [2.24, 2.45) is 0 Å². The number of nitrogens with one attached hydrogen (secondary N) is 1. The summed E-state index contributed by atoms with van der Waals surface area (Å²) in [6, 6.07) is 11.5. The summed E-state index contributed by atoms with van der Waals surface area (Å²) >= 11 is 1.72. The van der Waals surface area contributed by atoms with Crippen molar-refractivity contribution in [3.8, 4) is 0 Å². The summed E-state index contributed by atoms with van der Waals surface area (Å²) in [4.78, 5) is 29.2. The van der Waals surface area contributed by atoms with E-state index in [1.54, 1.807) is 23.5 Å². The second-order valence-electron chi connectivity index (χ2n) is 7.00. The summed E-state index contributed by atoms with van der Waals surface area (Å²) in [5, 5.41) is 10.6. The maximum Gasteiger partial charge on any atom is 0.274 e. The van der Waals surface area contributed by atoms with E-state index in [0.29, 0.717) is 29.6 Å². The number of aryl methyl sites for hydroxylation is 1. The molecule has 4 rings (SSSR count). The van der Waals surface area contributed by atoms with Gasteiger partial charge in [0.05, 0.1) is 11.4 Å². The van der Waals surface area contributed by atoms with Gasteiger partial charge >= 0.3 is 0 Å². The van der Waals surface area contributed by atoms with Crippen LogP contribution in [0.3, 0.4) is 0 Å². The maximum absolute atomic E-state index is 13.0. The fourth-order valence-electron chi connectivity index (χ4n) is 3.83. The molecule has 0 bridgehead atoms. The molecule has 1 saturated heterocycles. The van der Waals surface area contributed by atoms with Crippen LogP contribution in [-0.2, 0) is 6.54 Å². The molecular weight excluding hydrogens is 372 g/mol. The van der Waals surface area contributed by atoms with Gasteiger partial charge in [0.2, 0.25) is 0 Å². The molecule has 28 heavy (non-hydrogen) atoms. The number of carbonyl (C=O) groups excluding carboxylic acids is 1. The predicted octanol–water partition coefficient (Wildman–Crippen LogP) is 3.04. The van der Waals surface area contributed by atoms with Gasteiger partial charge in [0.15, 0.2) is 5.69 Å². The molecule has 3 heterocycles. The molecule has 1 aliphatic heterocycles. The van der Waals surface area contributed by atoms with E-state index in [4.69, 9.17) is 0 Å². The molecule has 0 spiro atoms. The first-order valence-corrected chi connectivity index (χ1v) is 10.6. The average molecular weight is 397 g/mol. The summed E-state index contributed by atoms with van der Waals surface area (Å²) in [6.45, 7) is 4.92. The number of carbonyl (C=O) groups is 1. The van der Waals surface area contributed by atoms with Crippen LogP contribution in [0, 0.1) is 0 Å². The van der Waals surface area contributed by atoms with Crippen LogP contribution in [-0.4, -0.2) is 40.2 Å². The van der Waals surface area contributed by atoms with E-state index < -0.39 is 0 Å². The SMILES string of the molecule is CCn1nc(C(=O)NC[C@@H](c2cccs2)N2CCCC2)c2ccccc2c1=O. The molecule has 0 radical (unpaired) electrons. The molecular formula is C21H24N4O2S. The number of hydrogen-bond acceptors (Lipinski definition) is 5. The summed E-state index contributed by atoms with van der Waals surface area (Å²) in [7, 11) is 0. The molecule has 0 unspecified atom stereocenters. The van der Waals surface area contributed by atoms with Gasteiger partial charge in [-0.3, -0.25) is 14.5 Å². The number of hydrogen-bond donors (Lipinski definition) is 1. The lowest BCUT2D eigenvalue weighted by molar-refractivity contribution is 0.0933. The van der Waals surface area contributed by atoms with Crippen molar-refractivity contribution < 1.29 is 4.79 Å². The van der Waals surface area contributed by atoms with E-state index >= 15 is 0 Å². The van der Waals surface area contributed by atoms with Crippen molar-refractivity contribution >= 4 is 28.0 Å². The van der Waals surface area contributed by atoms with Crippen molar-refractivity contribution in [1.82, 2.24) is 20.0 Å². The van der Waals surface area contributed by atoms with Gasteiger partial charge < -0.3 is 5.32 Å². The number of aromatic nitrogens is 2. The van der Waals surface area contributed by atoms with E-state index in [2.05, 4.69) is 32.8 Å². The van der Waals surface area contributed by atoms with Crippen LogP contribution in [0.25, 0.3) is 10.8 Å². The molecule has 1 atom stereocenters. The number of thiophene rings is 1. The largest absolute Gasteiger partial charge is 0.349 e. The van der Waals surface area contributed by atoms with Gasteiger partial charge in [0.25, 0.3) is 11.5 Å². The highest BCUT2D eigenvalue weighted by Gasteiger charge is 2.25. The molecule has 1 aromatic carbocycles. The zero-order valence-corrected chi connectivity index (χ0v) is 16.7. The highest BCUT2D eigenvalue weighted by Crippen LogP contribution is 2.28. The number of nitrogens with zero attached hydrogens (tertiary/aromatic N) is 3. The Kier molecular flexibility index (Phi) is 5.54. The van der Waals surface area contributed by atoms with Gasteiger partial charge in [-0.1, -0.05) is 24.3 Å². The number of amides is 1. The van der Waals surface area contributed by atoms with E-state index in [1.165, 1.54) is 22.4 Å². The molecule has 1 fully saturated rings. The van der Waals surface area contributed by atoms with Crippen LogP contribution in [0.2, 0.25) is 0 Å². The normalized spacial score (nSPS) is 15.8. The molecule has 146 valence electrons. The van der Waals surface area contributed by atoms with Crippen molar-refractivity contribution in [1.29, 1.82) is 0 Å². The number of likely N-dealkylation sites (tertiary alicyclic amines) is 1. The van der Waals surface area contributed by atoms with Gasteiger partial charge in [-0.25, -0.2) is 4.68 Å². The lowest BCUT2D eigenvalue weighted by atomic mass is 10.1. The molecule has 1 amide bonds. The van der Waals surface area contributed by atoms with E-state index in [0.717, 1.165) is 13.1 Å². The van der Waals surface area contributed by atoms with Crippen LogP contribution < -0.4 is 10.9 Å². The Morgan fingerprint density at radius 2 is 1.93 bits per heavy atom. The standard InChI is InChI=1S/C21H24N4O2S/c1-2-25-21(27)16-9-4-3-8-15(16)19(23-25)20(26)22-14-17(18-10-7-13-28-18)24-11-5-6-12-24/h3-4,7-10,13,17H,2,5-6,11-12,14H2,1H3,(H,22,26)/t17-/m0/s1. The Morgan fingerprint density at radius 3 is 2.61 bits per heavy atom. The minimum Gasteiger partial charge on any atom is -0.349 e. The Labute approximate surface area is 167 Å². The predicted molar refractivity (Wildman–Crippen MR) is 112 cm³/mol. The van der Waals surface area contributed by atoms with Crippen molar-refractivity contribution in [3.63, 3.8) is 0 Å². The zero-order chi connectivity index (χ0) is 19.5. The Hall–Kier alpha value is -2.51. The first-order chi connectivity index (χ1) is 13.7. The second-order valence-corrected chi connectivity index (χ2v) is 7.98. The van der Waals surface area contributed by atoms with Gasteiger partial charge in [0.1, 0.15) is 0 Å².